The van der Waals surface area contributed by atoms with E-state index in [0.717, 1.165) is 5.56 Å². The molecule has 0 aromatic heterocycles. The highest BCUT2D eigenvalue weighted by molar-refractivity contribution is 5.82. The van der Waals surface area contributed by atoms with Gasteiger partial charge in [-0.25, -0.2) is 0 Å². The Labute approximate surface area is 113 Å². The highest BCUT2D eigenvalue weighted by Gasteiger charge is 2.10. The predicted octanol–water partition coefficient (Wildman–Crippen LogP) is 1.44. The molecule has 0 atom stereocenters. The standard InChI is InChI=1S/C14H21N3O2/c1-10-4-5-12(8-11(10)2)9-14(18)17(3)7-6-13(15)16-19/h4-5,8,19H,6-7,9H2,1-3H3,(H2,15,16). The molecule has 0 saturated heterocycles. The first-order valence-electron chi connectivity index (χ1n) is 6.20. The van der Waals surface area contributed by atoms with Crippen LogP contribution in [0.2, 0.25) is 0 Å². The number of hydrogen-bond acceptors (Lipinski definition) is 3. The van der Waals surface area contributed by atoms with Crippen LogP contribution in [0, 0.1) is 13.8 Å². The van der Waals surface area contributed by atoms with Crippen LogP contribution in [0.25, 0.3) is 0 Å². The van der Waals surface area contributed by atoms with Crippen molar-refractivity contribution in [2.24, 2.45) is 10.9 Å². The maximum absolute atomic E-state index is 12.0. The van der Waals surface area contributed by atoms with Crippen LogP contribution in [0.4, 0.5) is 0 Å². The van der Waals surface area contributed by atoms with E-state index in [0.29, 0.717) is 19.4 Å². The summed E-state index contributed by atoms with van der Waals surface area (Å²) in [6.45, 7) is 4.52. The molecule has 1 aromatic carbocycles. The monoisotopic (exact) mass is 263 g/mol. The van der Waals surface area contributed by atoms with Crippen molar-refractivity contribution in [3.8, 4) is 0 Å². The number of amides is 1. The molecule has 19 heavy (non-hydrogen) atoms. The molecule has 0 saturated carbocycles. The van der Waals surface area contributed by atoms with Crippen LogP contribution in [0.5, 0.6) is 0 Å². The number of aryl methyl sites for hydroxylation is 2. The Bertz CT molecular complexity index is 484. The molecule has 0 aliphatic heterocycles. The van der Waals surface area contributed by atoms with Crippen molar-refractivity contribution in [2.75, 3.05) is 13.6 Å². The van der Waals surface area contributed by atoms with Crippen molar-refractivity contribution < 1.29 is 10.0 Å². The summed E-state index contributed by atoms with van der Waals surface area (Å²) in [4.78, 5) is 13.6. The van der Waals surface area contributed by atoms with E-state index in [4.69, 9.17) is 10.9 Å². The molecule has 0 bridgehead atoms. The number of rotatable bonds is 5. The van der Waals surface area contributed by atoms with E-state index in [-0.39, 0.29) is 11.7 Å². The summed E-state index contributed by atoms with van der Waals surface area (Å²) >= 11 is 0. The van der Waals surface area contributed by atoms with E-state index in [1.54, 1.807) is 11.9 Å². The first-order valence-corrected chi connectivity index (χ1v) is 6.20. The molecule has 5 nitrogen and oxygen atoms in total. The number of oxime groups is 1. The zero-order chi connectivity index (χ0) is 14.4. The second-order valence-electron chi connectivity index (χ2n) is 4.75. The quantitative estimate of drug-likeness (QED) is 0.365. The molecule has 0 radical (unpaired) electrons. The Morgan fingerprint density at radius 2 is 2.05 bits per heavy atom. The third-order valence-electron chi connectivity index (χ3n) is 3.18. The van der Waals surface area contributed by atoms with Gasteiger partial charge in [-0.15, -0.1) is 0 Å². The first-order chi connectivity index (χ1) is 8.93. The van der Waals surface area contributed by atoms with Crippen molar-refractivity contribution in [2.45, 2.75) is 26.7 Å². The molecule has 0 heterocycles. The molecule has 0 spiro atoms. The lowest BCUT2D eigenvalue weighted by Crippen LogP contribution is -2.31. The van der Waals surface area contributed by atoms with Gasteiger partial charge in [-0.1, -0.05) is 23.4 Å². The summed E-state index contributed by atoms with van der Waals surface area (Å²) in [5, 5.41) is 11.3. The summed E-state index contributed by atoms with van der Waals surface area (Å²) in [6.07, 6.45) is 0.736. The molecule has 104 valence electrons. The molecule has 0 fully saturated rings. The smallest absolute Gasteiger partial charge is 0.226 e. The minimum atomic E-state index is 0.0222. The van der Waals surface area contributed by atoms with Gasteiger partial charge in [-0.3, -0.25) is 4.79 Å². The van der Waals surface area contributed by atoms with Gasteiger partial charge < -0.3 is 15.8 Å². The first kappa shape index (κ1) is 15.0. The molecular weight excluding hydrogens is 242 g/mol. The van der Waals surface area contributed by atoms with Crippen molar-refractivity contribution >= 4 is 11.7 Å². The number of likely N-dealkylation sites (N-methyl/N-ethyl adjacent to an activating group) is 1. The van der Waals surface area contributed by atoms with Crippen LogP contribution in [0.1, 0.15) is 23.1 Å². The van der Waals surface area contributed by atoms with Gasteiger partial charge in [-0.2, -0.15) is 0 Å². The lowest BCUT2D eigenvalue weighted by Gasteiger charge is -2.17. The molecule has 3 N–H and O–H groups in total. The van der Waals surface area contributed by atoms with Crippen molar-refractivity contribution in [1.29, 1.82) is 0 Å². The van der Waals surface area contributed by atoms with Crippen molar-refractivity contribution in [3.05, 3.63) is 34.9 Å². The van der Waals surface area contributed by atoms with E-state index in [1.165, 1.54) is 11.1 Å². The average molecular weight is 263 g/mol. The third kappa shape index (κ3) is 4.62. The largest absolute Gasteiger partial charge is 0.409 e. The van der Waals surface area contributed by atoms with Gasteiger partial charge in [0.2, 0.25) is 5.91 Å². The Hall–Kier alpha value is -2.04. The Morgan fingerprint density at radius 3 is 2.63 bits per heavy atom. The Balaban J connectivity index is 2.56. The molecule has 0 aliphatic carbocycles. The Morgan fingerprint density at radius 1 is 1.37 bits per heavy atom. The van der Waals surface area contributed by atoms with E-state index in [2.05, 4.69) is 5.16 Å². The molecule has 0 aliphatic rings. The number of amidine groups is 1. The van der Waals surface area contributed by atoms with Gasteiger partial charge >= 0.3 is 0 Å². The van der Waals surface area contributed by atoms with Crippen molar-refractivity contribution in [1.82, 2.24) is 4.90 Å². The zero-order valence-electron chi connectivity index (χ0n) is 11.7. The second kappa shape index (κ2) is 6.78. The summed E-state index contributed by atoms with van der Waals surface area (Å²) in [7, 11) is 1.72. The Kier molecular flexibility index (Phi) is 5.36. The molecule has 0 unspecified atom stereocenters. The highest BCUT2D eigenvalue weighted by atomic mass is 16.4. The van der Waals surface area contributed by atoms with Gasteiger partial charge in [0.1, 0.15) is 5.84 Å². The van der Waals surface area contributed by atoms with Crippen LogP contribution in [0.3, 0.4) is 0 Å². The van der Waals surface area contributed by atoms with Gasteiger partial charge in [0, 0.05) is 20.0 Å². The number of nitrogens with zero attached hydrogens (tertiary/aromatic N) is 2. The summed E-state index contributed by atoms with van der Waals surface area (Å²) in [5.41, 5.74) is 8.78. The maximum Gasteiger partial charge on any atom is 0.226 e. The van der Waals surface area contributed by atoms with E-state index in [9.17, 15) is 4.79 Å². The van der Waals surface area contributed by atoms with Crippen LogP contribution in [-0.4, -0.2) is 35.4 Å². The number of nitrogens with two attached hydrogens (primary N) is 1. The maximum atomic E-state index is 12.0. The van der Waals surface area contributed by atoms with Gasteiger partial charge in [0.05, 0.1) is 6.42 Å². The summed E-state index contributed by atoms with van der Waals surface area (Å²) in [6, 6.07) is 6.02. The van der Waals surface area contributed by atoms with Crippen LogP contribution >= 0.6 is 0 Å². The number of hydrogen-bond donors (Lipinski definition) is 2. The second-order valence-corrected chi connectivity index (χ2v) is 4.75. The van der Waals surface area contributed by atoms with Gasteiger partial charge in [0.25, 0.3) is 0 Å². The topological polar surface area (TPSA) is 78.9 Å². The third-order valence-corrected chi connectivity index (χ3v) is 3.18. The SMILES string of the molecule is Cc1ccc(CC(=O)N(C)CCC(N)=NO)cc1C. The fourth-order valence-electron chi connectivity index (χ4n) is 1.68. The highest BCUT2D eigenvalue weighted by Crippen LogP contribution is 2.11. The van der Waals surface area contributed by atoms with Gasteiger partial charge in [-0.05, 0) is 30.5 Å². The van der Waals surface area contributed by atoms with Gasteiger partial charge in [0.15, 0.2) is 0 Å². The van der Waals surface area contributed by atoms with Crippen LogP contribution in [0.15, 0.2) is 23.4 Å². The lowest BCUT2D eigenvalue weighted by molar-refractivity contribution is -0.129. The minimum absolute atomic E-state index is 0.0222. The summed E-state index contributed by atoms with van der Waals surface area (Å²) in [5.74, 6) is 0.153. The van der Waals surface area contributed by atoms with E-state index >= 15 is 0 Å². The number of benzene rings is 1. The molecule has 1 aromatic rings. The van der Waals surface area contributed by atoms with Crippen LogP contribution < -0.4 is 5.73 Å². The summed E-state index contributed by atoms with van der Waals surface area (Å²) < 4.78 is 0. The number of carbonyl (C=O) groups excluding carboxylic acids is 1. The lowest BCUT2D eigenvalue weighted by atomic mass is 10.0. The fraction of sp³-hybridized carbons (Fsp3) is 0.429. The molecule has 5 heteroatoms. The minimum Gasteiger partial charge on any atom is -0.409 e. The van der Waals surface area contributed by atoms with E-state index in [1.807, 2.05) is 32.0 Å². The fourth-order valence-corrected chi connectivity index (χ4v) is 1.68. The van der Waals surface area contributed by atoms with Crippen molar-refractivity contribution in [3.63, 3.8) is 0 Å². The molecule has 1 rings (SSSR count). The normalized spacial score (nSPS) is 11.4. The number of carbonyl (C=O) groups is 1. The van der Waals surface area contributed by atoms with Crippen LogP contribution in [-0.2, 0) is 11.2 Å². The predicted molar refractivity (Wildman–Crippen MR) is 75.3 cm³/mol. The average Bonchev–Trinajstić information content (AvgIpc) is 2.39. The zero-order valence-corrected chi connectivity index (χ0v) is 11.7. The molecule has 1 amide bonds. The molecular formula is C14H21N3O2. The van der Waals surface area contributed by atoms with E-state index < -0.39 is 0 Å².